The summed E-state index contributed by atoms with van der Waals surface area (Å²) in [6, 6.07) is 0. The number of hydrogen-bond donors (Lipinski definition) is 0. The summed E-state index contributed by atoms with van der Waals surface area (Å²) in [7, 11) is 0. The fourth-order valence-corrected chi connectivity index (χ4v) is 2.14. The average molecular weight is 242 g/mol. The van der Waals surface area contributed by atoms with Gasteiger partial charge in [0.25, 0.3) is 0 Å². The lowest BCUT2D eigenvalue weighted by molar-refractivity contribution is -0.151. The van der Waals surface area contributed by atoms with Crippen molar-refractivity contribution in [3.8, 4) is 0 Å². The van der Waals surface area contributed by atoms with Gasteiger partial charge in [0.15, 0.2) is 0 Å². The van der Waals surface area contributed by atoms with Gasteiger partial charge in [-0.1, -0.05) is 6.92 Å². The third kappa shape index (κ3) is 4.75. The molecule has 0 spiro atoms. The SMILES string of the molecule is CCOC(=O)C1CCC(COC(=O)CC)CC1. The molecule has 98 valence electrons. The van der Waals surface area contributed by atoms with Crippen molar-refractivity contribution in [1.82, 2.24) is 0 Å². The van der Waals surface area contributed by atoms with Crippen LogP contribution in [0.15, 0.2) is 0 Å². The summed E-state index contributed by atoms with van der Waals surface area (Å²) in [5.41, 5.74) is 0. The van der Waals surface area contributed by atoms with Crippen LogP contribution in [0.2, 0.25) is 0 Å². The first-order valence-corrected chi connectivity index (χ1v) is 6.49. The van der Waals surface area contributed by atoms with Crippen molar-refractivity contribution in [2.45, 2.75) is 46.0 Å². The highest BCUT2D eigenvalue weighted by atomic mass is 16.5. The van der Waals surface area contributed by atoms with Crippen molar-refractivity contribution >= 4 is 11.9 Å². The van der Waals surface area contributed by atoms with Crippen molar-refractivity contribution in [1.29, 1.82) is 0 Å². The fraction of sp³-hybridized carbons (Fsp3) is 0.846. The maximum absolute atomic E-state index is 11.5. The summed E-state index contributed by atoms with van der Waals surface area (Å²) < 4.78 is 10.1. The van der Waals surface area contributed by atoms with E-state index in [0.717, 1.165) is 25.7 Å². The van der Waals surface area contributed by atoms with E-state index in [-0.39, 0.29) is 17.9 Å². The van der Waals surface area contributed by atoms with Crippen LogP contribution in [0.5, 0.6) is 0 Å². The van der Waals surface area contributed by atoms with E-state index in [9.17, 15) is 9.59 Å². The standard InChI is InChI=1S/C13H22O4/c1-3-12(14)17-9-10-5-7-11(8-6-10)13(15)16-4-2/h10-11H,3-9H2,1-2H3. The number of carbonyl (C=O) groups excluding carboxylic acids is 2. The van der Waals surface area contributed by atoms with Crippen LogP contribution >= 0.6 is 0 Å². The van der Waals surface area contributed by atoms with Crippen LogP contribution in [0.4, 0.5) is 0 Å². The Morgan fingerprint density at radius 3 is 2.24 bits per heavy atom. The Kier molecular flexibility index (Phi) is 6.01. The van der Waals surface area contributed by atoms with Crippen LogP contribution in [-0.2, 0) is 19.1 Å². The van der Waals surface area contributed by atoms with Crippen molar-refractivity contribution in [3.63, 3.8) is 0 Å². The predicted octanol–water partition coefficient (Wildman–Crippen LogP) is 2.31. The number of esters is 2. The third-order valence-electron chi connectivity index (χ3n) is 3.24. The lowest BCUT2D eigenvalue weighted by Crippen LogP contribution is -2.26. The van der Waals surface area contributed by atoms with Gasteiger partial charge in [-0.25, -0.2) is 0 Å². The molecule has 4 heteroatoms. The molecule has 0 aromatic rings. The molecule has 0 atom stereocenters. The number of hydrogen-bond acceptors (Lipinski definition) is 4. The molecule has 4 nitrogen and oxygen atoms in total. The second kappa shape index (κ2) is 7.30. The molecule has 1 aliphatic rings. The molecule has 0 heterocycles. The molecule has 1 fully saturated rings. The third-order valence-corrected chi connectivity index (χ3v) is 3.24. The van der Waals surface area contributed by atoms with Gasteiger partial charge in [0, 0.05) is 6.42 Å². The van der Waals surface area contributed by atoms with Crippen molar-refractivity contribution in [2.24, 2.45) is 11.8 Å². The van der Waals surface area contributed by atoms with Crippen molar-refractivity contribution < 1.29 is 19.1 Å². The summed E-state index contributed by atoms with van der Waals surface area (Å²) in [5, 5.41) is 0. The van der Waals surface area contributed by atoms with Crippen molar-refractivity contribution in [3.05, 3.63) is 0 Å². The van der Waals surface area contributed by atoms with Crippen LogP contribution in [0.25, 0.3) is 0 Å². The maximum Gasteiger partial charge on any atom is 0.308 e. The molecule has 0 aromatic carbocycles. The van der Waals surface area contributed by atoms with Gasteiger partial charge < -0.3 is 9.47 Å². The number of ether oxygens (including phenoxy) is 2. The Hall–Kier alpha value is -1.06. The smallest absolute Gasteiger partial charge is 0.308 e. The topological polar surface area (TPSA) is 52.6 Å². The van der Waals surface area contributed by atoms with Gasteiger partial charge in [0.1, 0.15) is 0 Å². The predicted molar refractivity (Wildman–Crippen MR) is 63.3 cm³/mol. The van der Waals surface area contributed by atoms with E-state index >= 15 is 0 Å². The van der Waals surface area contributed by atoms with E-state index in [1.165, 1.54) is 0 Å². The minimum Gasteiger partial charge on any atom is -0.466 e. The first kappa shape index (κ1) is 14.0. The molecule has 0 aromatic heterocycles. The van der Waals surface area contributed by atoms with E-state index in [1.807, 2.05) is 6.92 Å². The van der Waals surface area contributed by atoms with Gasteiger partial charge in [0.2, 0.25) is 0 Å². The molecule has 0 amide bonds. The molecule has 17 heavy (non-hydrogen) atoms. The molecular weight excluding hydrogens is 220 g/mol. The summed E-state index contributed by atoms with van der Waals surface area (Å²) in [6.45, 7) is 4.57. The van der Waals surface area contributed by atoms with Gasteiger partial charge in [-0.15, -0.1) is 0 Å². The summed E-state index contributed by atoms with van der Waals surface area (Å²) in [6.07, 6.45) is 4.03. The zero-order valence-electron chi connectivity index (χ0n) is 10.7. The minimum atomic E-state index is -0.141. The number of carbonyl (C=O) groups is 2. The first-order chi connectivity index (χ1) is 8.17. The molecular formula is C13H22O4. The Bertz CT molecular complexity index is 254. The Labute approximate surface area is 103 Å². The zero-order valence-corrected chi connectivity index (χ0v) is 10.7. The van der Waals surface area contributed by atoms with Crippen LogP contribution in [0.3, 0.4) is 0 Å². The normalized spacial score (nSPS) is 24.1. The van der Waals surface area contributed by atoms with E-state index in [2.05, 4.69) is 0 Å². The second-order valence-corrected chi connectivity index (χ2v) is 4.51. The quantitative estimate of drug-likeness (QED) is 0.694. The fourth-order valence-electron chi connectivity index (χ4n) is 2.14. The van der Waals surface area contributed by atoms with E-state index in [1.54, 1.807) is 6.92 Å². The van der Waals surface area contributed by atoms with E-state index < -0.39 is 0 Å². The molecule has 0 N–H and O–H groups in total. The zero-order chi connectivity index (χ0) is 12.7. The van der Waals surface area contributed by atoms with Crippen molar-refractivity contribution in [2.75, 3.05) is 13.2 Å². The summed E-state index contributed by atoms with van der Waals surface area (Å²) >= 11 is 0. The van der Waals surface area contributed by atoms with Gasteiger partial charge >= 0.3 is 11.9 Å². The Morgan fingerprint density at radius 1 is 1.06 bits per heavy atom. The highest BCUT2D eigenvalue weighted by Gasteiger charge is 2.27. The second-order valence-electron chi connectivity index (χ2n) is 4.51. The van der Waals surface area contributed by atoms with Gasteiger partial charge in [-0.3, -0.25) is 9.59 Å². The lowest BCUT2D eigenvalue weighted by Gasteiger charge is -2.26. The van der Waals surface area contributed by atoms with E-state index in [0.29, 0.717) is 25.6 Å². The summed E-state index contributed by atoms with van der Waals surface area (Å²) in [5.74, 6) is 0.248. The molecule has 0 radical (unpaired) electrons. The molecule has 0 saturated heterocycles. The number of rotatable bonds is 5. The molecule has 0 unspecified atom stereocenters. The van der Waals surface area contributed by atoms with Crippen LogP contribution in [0, 0.1) is 11.8 Å². The minimum absolute atomic E-state index is 0.0491. The highest BCUT2D eigenvalue weighted by molar-refractivity contribution is 5.72. The largest absolute Gasteiger partial charge is 0.466 e. The van der Waals surface area contributed by atoms with Gasteiger partial charge in [-0.05, 0) is 38.5 Å². The Morgan fingerprint density at radius 2 is 1.71 bits per heavy atom. The van der Waals surface area contributed by atoms with Gasteiger partial charge in [0.05, 0.1) is 19.1 Å². The molecule has 1 saturated carbocycles. The Balaban J connectivity index is 2.21. The highest BCUT2D eigenvalue weighted by Crippen LogP contribution is 2.29. The van der Waals surface area contributed by atoms with Crippen LogP contribution in [0.1, 0.15) is 46.0 Å². The lowest BCUT2D eigenvalue weighted by atomic mass is 9.82. The molecule has 1 rings (SSSR count). The van der Waals surface area contributed by atoms with Crippen LogP contribution in [-0.4, -0.2) is 25.2 Å². The monoisotopic (exact) mass is 242 g/mol. The first-order valence-electron chi connectivity index (χ1n) is 6.49. The average Bonchev–Trinajstić information content (AvgIpc) is 2.36. The molecule has 1 aliphatic carbocycles. The van der Waals surface area contributed by atoms with E-state index in [4.69, 9.17) is 9.47 Å². The molecule has 0 bridgehead atoms. The molecule has 0 aliphatic heterocycles. The van der Waals surface area contributed by atoms with Crippen LogP contribution < -0.4 is 0 Å². The maximum atomic E-state index is 11.5. The van der Waals surface area contributed by atoms with Gasteiger partial charge in [-0.2, -0.15) is 0 Å². The summed E-state index contributed by atoms with van der Waals surface area (Å²) in [4.78, 5) is 22.5.